The summed E-state index contributed by atoms with van der Waals surface area (Å²) in [5, 5.41) is 10.5. The van der Waals surface area contributed by atoms with Gasteiger partial charge in [-0.2, -0.15) is 0 Å². The number of hydrogen-bond acceptors (Lipinski definition) is 3. The zero-order valence-corrected chi connectivity index (χ0v) is 11.7. The molecule has 0 heterocycles. The number of carbonyl (C=O) groups is 2. The first-order chi connectivity index (χ1) is 10.0. The molecule has 110 valence electrons. The van der Waals surface area contributed by atoms with E-state index in [-0.39, 0.29) is 11.8 Å². The molecule has 1 amide bonds. The van der Waals surface area contributed by atoms with Crippen molar-refractivity contribution < 1.29 is 19.4 Å². The molecule has 5 heteroatoms. The summed E-state index contributed by atoms with van der Waals surface area (Å²) in [6, 6.07) is 11.0. The molecule has 0 saturated carbocycles. The first-order valence-corrected chi connectivity index (χ1v) is 6.69. The fraction of sp³-hybridized carbons (Fsp3) is 0.250. The molecule has 0 aromatic heterocycles. The molecule has 5 nitrogen and oxygen atoms in total. The van der Waals surface area contributed by atoms with Gasteiger partial charge in [-0.15, -0.1) is 0 Å². The molecule has 2 aromatic rings. The van der Waals surface area contributed by atoms with Crippen LogP contribution in [-0.4, -0.2) is 23.6 Å². The molecule has 0 bridgehead atoms. The molecule has 0 fully saturated rings. The molecule has 1 atom stereocenters. The standard InChI is InChI=1S/C16H17NO4/c1-2-12(16(17)20)13-5-3-4-10-6-7-11(8-14(10)13)21-9-15(18)19/h3-8,12H,2,9H2,1H3,(H2,17,20)(H,18,19). The highest BCUT2D eigenvalue weighted by Crippen LogP contribution is 2.30. The van der Waals surface area contributed by atoms with Crippen LogP contribution in [0.1, 0.15) is 24.8 Å². The second kappa shape index (κ2) is 6.26. The normalized spacial score (nSPS) is 12.0. The summed E-state index contributed by atoms with van der Waals surface area (Å²) in [5.41, 5.74) is 6.30. The summed E-state index contributed by atoms with van der Waals surface area (Å²) in [4.78, 5) is 22.1. The quantitative estimate of drug-likeness (QED) is 0.853. The van der Waals surface area contributed by atoms with Gasteiger partial charge in [-0.05, 0) is 34.9 Å². The van der Waals surface area contributed by atoms with Gasteiger partial charge in [0.2, 0.25) is 5.91 Å². The van der Waals surface area contributed by atoms with Gasteiger partial charge >= 0.3 is 5.97 Å². The molecule has 0 aliphatic rings. The van der Waals surface area contributed by atoms with Gasteiger partial charge in [0.15, 0.2) is 6.61 Å². The SMILES string of the molecule is CCC(C(N)=O)c1cccc2ccc(OCC(=O)O)cc12. The summed E-state index contributed by atoms with van der Waals surface area (Å²) in [6.07, 6.45) is 0.606. The first-order valence-electron chi connectivity index (χ1n) is 6.69. The number of primary amides is 1. The molecule has 0 spiro atoms. The van der Waals surface area contributed by atoms with Crippen LogP contribution in [0.2, 0.25) is 0 Å². The largest absolute Gasteiger partial charge is 0.482 e. The van der Waals surface area contributed by atoms with E-state index in [2.05, 4.69) is 0 Å². The summed E-state index contributed by atoms with van der Waals surface area (Å²) < 4.78 is 5.19. The first kappa shape index (κ1) is 14.8. The number of carbonyl (C=O) groups excluding carboxylic acids is 1. The maximum atomic E-state index is 11.6. The van der Waals surface area contributed by atoms with Crippen LogP contribution < -0.4 is 10.5 Å². The average Bonchev–Trinajstić information content (AvgIpc) is 2.45. The zero-order valence-electron chi connectivity index (χ0n) is 11.7. The third-order valence-electron chi connectivity index (χ3n) is 3.38. The summed E-state index contributed by atoms with van der Waals surface area (Å²) in [5.74, 6) is -1.33. The van der Waals surface area contributed by atoms with Gasteiger partial charge in [-0.1, -0.05) is 31.2 Å². The maximum absolute atomic E-state index is 11.6. The highest BCUT2D eigenvalue weighted by molar-refractivity contribution is 5.93. The number of rotatable bonds is 6. The lowest BCUT2D eigenvalue weighted by atomic mass is 9.91. The third kappa shape index (κ3) is 3.31. The maximum Gasteiger partial charge on any atom is 0.341 e. The Labute approximate surface area is 122 Å². The number of amides is 1. The molecule has 0 radical (unpaired) electrons. The Kier molecular flexibility index (Phi) is 4.42. The van der Waals surface area contributed by atoms with Gasteiger partial charge in [0.05, 0.1) is 5.92 Å². The Morgan fingerprint density at radius 3 is 2.67 bits per heavy atom. The summed E-state index contributed by atoms with van der Waals surface area (Å²) >= 11 is 0. The topological polar surface area (TPSA) is 89.6 Å². The van der Waals surface area contributed by atoms with Gasteiger partial charge < -0.3 is 15.6 Å². The van der Waals surface area contributed by atoms with Gasteiger partial charge in [0.1, 0.15) is 5.75 Å². The van der Waals surface area contributed by atoms with Crippen LogP contribution in [0.15, 0.2) is 36.4 Å². The Morgan fingerprint density at radius 2 is 2.05 bits per heavy atom. The highest BCUT2D eigenvalue weighted by atomic mass is 16.5. The van der Waals surface area contributed by atoms with Gasteiger partial charge in [-0.25, -0.2) is 4.79 Å². The van der Waals surface area contributed by atoms with Crippen molar-refractivity contribution in [2.75, 3.05) is 6.61 Å². The fourth-order valence-electron chi connectivity index (χ4n) is 2.39. The molecule has 21 heavy (non-hydrogen) atoms. The smallest absolute Gasteiger partial charge is 0.341 e. The predicted molar refractivity (Wildman–Crippen MR) is 79.3 cm³/mol. The number of fused-ring (bicyclic) bond motifs is 1. The van der Waals surface area contributed by atoms with E-state index in [1.807, 2.05) is 31.2 Å². The number of hydrogen-bond donors (Lipinski definition) is 2. The highest BCUT2D eigenvalue weighted by Gasteiger charge is 2.18. The fourth-order valence-corrected chi connectivity index (χ4v) is 2.39. The van der Waals surface area contributed by atoms with Crippen LogP contribution in [0.5, 0.6) is 5.75 Å². The second-order valence-electron chi connectivity index (χ2n) is 4.78. The minimum atomic E-state index is -1.04. The van der Waals surface area contributed by atoms with Crippen molar-refractivity contribution in [1.29, 1.82) is 0 Å². The second-order valence-corrected chi connectivity index (χ2v) is 4.78. The summed E-state index contributed by atoms with van der Waals surface area (Å²) in [6.45, 7) is 1.50. The van der Waals surface area contributed by atoms with Crippen molar-refractivity contribution in [2.24, 2.45) is 5.73 Å². The van der Waals surface area contributed by atoms with E-state index in [4.69, 9.17) is 15.6 Å². The van der Waals surface area contributed by atoms with Gasteiger partial charge in [-0.3, -0.25) is 4.79 Å². The number of carboxylic acids is 1. The molecule has 0 aliphatic heterocycles. The molecule has 2 aromatic carbocycles. The molecular weight excluding hydrogens is 270 g/mol. The Morgan fingerprint density at radius 1 is 1.29 bits per heavy atom. The van der Waals surface area contributed by atoms with E-state index >= 15 is 0 Å². The van der Waals surface area contributed by atoms with Crippen molar-refractivity contribution >= 4 is 22.6 Å². The van der Waals surface area contributed by atoms with E-state index in [1.165, 1.54) is 0 Å². The molecule has 3 N–H and O–H groups in total. The van der Waals surface area contributed by atoms with Crippen molar-refractivity contribution in [3.8, 4) is 5.75 Å². The van der Waals surface area contributed by atoms with Crippen molar-refractivity contribution in [3.63, 3.8) is 0 Å². The number of carboxylic acid groups (broad SMARTS) is 1. The van der Waals surface area contributed by atoms with Gasteiger partial charge in [0, 0.05) is 0 Å². The third-order valence-corrected chi connectivity index (χ3v) is 3.38. The van der Waals surface area contributed by atoms with E-state index in [0.29, 0.717) is 12.2 Å². The van der Waals surface area contributed by atoms with Crippen LogP contribution in [0.25, 0.3) is 10.8 Å². The number of nitrogens with two attached hydrogens (primary N) is 1. The Bertz CT molecular complexity index is 681. The predicted octanol–water partition coefficient (Wildman–Crippen LogP) is 2.28. The van der Waals surface area contributed by atoms with Crippen molar-refractivity contribution in [1.82, 2.24) is 0 Å². The van der Waals surface area contributed by atoms with E-state index in [1.54, 1.807) is 12.1 Å². The number of ether oxygens (including phenoxy) is 1. The van der Waals surface area contributed by atoms with Crippen LogP contribution in [-0.2, 0) is 9.59 Å². The monoisotopic (exact) mass is 287 g/mol. The molecule has 0 saturated heterocycles. The molecular formula is C16H17NO4. The minimum Gasteiger partial charge on any atom is -0.482 e. The van der Waals surface area contributed by atoms with E-state index < -0.39 is 12.6 Å². The van der Waals surface area contributed by atoms with Crippen molar-refractivity contribution in [3.05, 3.63) is 42.0 Å². The molecule has 0 aliphatic carbocycles. The Hall–Kier alpha value is -2.56. The zero-order chi connectivity index (χ0) is 15.4. The average molecular weight is 287 g/mol. The number of aliphatic carboxylic acids is 1. The van der Waals surface area contributed by atoms with Crippen LogP contribution in [0.4, 0.5) is 0 Å². The van der Waals surface area contributed by atoms with E-state index in [0.717, 1.165) is 16.3 Å². The lowest BCUT2D eigenvalue weighted by Gasteiger charge is -2.15. The molecule has 2 rings (SSSR count). The van der Waals surface area contributed by atoms with E-state index in [9.17, 15) is 9.59 Å². The Balaban J connectivity index is 2.48. The van der Waals surface area contributed by atoms with Crippen LogP contribution in [0, 0.1) is 0 Å². The van der Waals surface area contributed by atoms with Crippen LogP contribution in [0.3, 0.4) is 0 Å². The molecule has 1 unspecified atom stereocenters. The van der Waals surface area contributed by atoms with Crippen LogP contribution >= 0.6 is 0 Å². The number of benzene rings is 2. The van der Waals surface area contributed by atoms with Gasteiger partial charge in [0.25, 0.3) is 0 Å². The minimum absolute atomic E-state index is 0.372. The lowest BCUT2D eigenvalue weighted by Crippen LogP contribution is -2.21. The summed E-state index contributed by atoms with van der Waals surface area (Å²) in [7, 11) is 0. The lowest BCUT2D eigenvalue weighted by molar-refractivity contribution is -0.139. The van der Waals surface area contributed by atoms with Crippen molar-refractivity contribution in [2.45, 2.75) is 19.3 Å².